The number of anilines is 1. The zero-order chi connectivity index (χ0) is 19.1. The summed E-state index contributed by atoms with van der Waals surface area (Å²) in [7, 11) is 6.65. The van der Waals surface area contributed by atoms with Crippen LogP contribution in [0.1, 0.15) is 22.8 Å². The normalized spacial score (nSPS) is 10.2. The summed E-state index contributed by atoms with van der Waals surface area (Å²) >= 11 is 0. The molecule has 7 nitrogen and oxygen atoms in total. The van der Waals surface area contributed by atoms with Crippen molar-refractivity contribution >= 4 is 11.8 Å². The maximum atomic E-state index is 11.7. The van der Waals surface area contributed by atoms with Gasteiger partial charge in [0.1, 0.15) is 5.82 Å². The molecule has 1 aromatic carbocycles. The van der Waals surface area contributed by atoms with E-state index in [4.69, 9.17) is 18.9 Å². The van der Waals surface area contributed by atoms with Crippen molar-refractivity contribution in [3.8, 4) is 17.2 Å². The average molecular weight is 360 g/mol. The van der Waals surface area contributed by atoms with E-state index in [-0.39, 0.29) is 5.97 Å². The Morgan fingerprint density at radius 1 is 1.04 bits per heavy atom. The van der Waals surface area contributed by atoms with E-state index in [1.54, 1.807) is 40.4 Å². The molecule has 0 atom stereocenters. The van der Waals surface area contributed by atoms with Crippen LogP contribution in [0.2, 0.25) is 0 Å². The van der Waals surface area contributed by atoms with Gasteiger partial charge in [-0.3, -0.25) is 0 Å². The van der Waals surface area contributed by atoms with Crippen LogP contribution in [-0.2, 0) is 11.3 Å². The minimum Gasteiger partial charge on any atom is -0.493 e. The molecule has 0 radical (unpaired) electrons. The second kappa shape index (κ2) is 8.94. The van der Waals surface area contributed by atoms with Crippen molar-refractivity contribution in [2.45, 2.75) is 13.5 Å². The van der Waals surface area contributed by atoms with Crippen molar-refractivity contribution in [1.29, 1.82) is 0 Å². The Hall–Kier alpha value is -2.96. The van der Waals surface area contributed by atoms with E-state index >= 15 is 0 Å². The molecular formula is C19H24N2O5. The van der Waals surface area contributed by atoms with E-state index in [1.807, 2.05) is 24.1 Å². The fourth-order valence-corrected chi connectivity index (χ4v) is 2.57. The minimum atomic E-state index is -0.379. The lowest BCUT2D eigenvalue weighted by Gasteiger charge is -2.21. The number of pyridine rings is 1. The lowest BCUT2D eigenvalue weighted by atomic mass is 10.1. The summed E-state index contributed by atoms with van der Waals surface area (Å²) in [4.78, 5) is 18.0. The predicted octanol–water partition coefficient (Wildman–Crippen LogP) is 2.92. The molecule has 0 bridgehead atoms. The number of esters is 1. The summed E-state index contributed by atoms with van der Waals surface area (Å²) in [5, 5.41) is 0. The van der Waals surface area contributed by atoms with E-state index < -0.39 is 0 Å². The molecule has 0 saturated heterocycles. The first kappa shape index (κ1) is 19.4. The summed E-state index contributed by atoms with van der Waals surface area (Å²) in [6.07, 6.45) is 1.51. The van der Waals surface area contributed by atoms with Crippen LogP contribution >= 0.6 is 0 Å². The van der Waals surface area contributed by atoms with Gasteiger partial charge in [-0.25, -0.2) is 9.78 Å². The Kier molecular flexibility index (Phi) is 6.66. The molecule has 0 saturated carbocycles. The van der Waals surface area contributed by atoms with Crippen molar-refractivity contribution in [3.63, 3.8) is 0 Å². The second-order valence-electron chi connectivity index (χ2n) is 5.48. The van der Waals surface area contributed by atoms with Crippen LogP contribution in [0.25, 0.3) is 0 Å². The Morgan fingerprint density at radius 2 is 1.77 bits per heavy atom. The maximum absolute atomic E-state index is 11.7. The van der Waals surface area contributed by atoms with Crippen molar-refractivity contribution in [2.24, 2.45) is 0 Å². The molecule has 0 amide bonds. The first-order valence-corrected chi connectivity index (χ1v) is 8.17. The van der Waals surface area contributed by atoms with E-state index in [9.17, 15) is 4.79 Å². The molecule has 7 heteroatoms. The smallest absolute Gasteiger partial charge is 0.339 e. The molecule has 2 rings (SSSR count). The maximum Gasteiger partial charge on any atom is 0.339 e. The van der Waals surface area contributed by atoms with Gasteiger partial charge < -0.3 is 23.8 Å². The molecule has 0 N–H and O–H groups in total. The van der Waals surface area contributed by atoms with Gasteiger partial charge in [0.15, 0.2) is 11.5 Å². The molecule has 140 valence electrons. The molecule has 0 unspecified atom stereocenters. The third kappa shape index (κ3) is 4.17. The number of hydrogen-bond donors (Lipinski definition) is 0. The molecule has 0 aliphatic heterocycles. The fourth-order valence-electron chi connectivity index (χ4n) is 2.57. The fraction of sp³-hybridized carbons (Fsp3) is 0.368. The van der Waals surface area contributed by atoms with Crippen LogP contribution in [0.5, 0.6) is 17.2 Å². The summed E-state index contributed by atoms with van der Waals surface area (Å²) < 4.78 is 21.2. The van der Waals surface area contributed by atoms with Crippen molar-refractivity contribution in [3.05, 3.63) is 41.6 Å². The van der Waals surface area contributed by atoms with Crippen LogP contribution in [0, 0.1) is 0 Å². The van der Waals surface area contributed by atoms with Crippen LogP contribution in [-0.4, -0.2) is 45.9 Å². The highest BCUT2D eigenvalue weighted by atomic mass is 16.5. The Morgan fingerprint density at radius 3 is 2.31 bits per heavy atom. The van der Waals surface area contributed by atoms with Gasteiger partial charge in [0, 0.05) is 25.4 Å². The number of aromatic nitrogens is 1. The van der Waals surface area contributed by atoms with E-state index in [0.717, 1.165) is 11.4 Å². The number of carbonyl (C=O) groups is 1. The van der Waals surface area contributed by atoms with E-state index in [2.05, 4.69) is 4.98 Å². The van der Waals surface area contributed by atoms with Crippen LogP contribution in [0.3, 0.4) is 0 Å². The van der Waals surface area contributed by atoms with Gasteiger partial charge in [0.2, 0.25) is 5.75 Å². The summed E-state index contributed by atoms with van der Waals surface area (Å²) in [5.41, 5.74) is 1.34. The summed E-state index contributed by atoms with van der Waals surface area (Å²) in [6, 6.07) is 7.23. The highest BCUT2D eigenvalue weighted by molar-refractivity contribution is 5.89. The number of hydrogen-bond acceptors (Lipinski definition) is 7. The van der Waals surface area contributed by atoms with Gasteiger partial charge in [-0.2, -0.15) is 0 Å². The molecule has 26 heavy (non-hydrogen) atoms. The quantitative estimate of drug-likeness (QED) is 0.670. The van der Waals surface area contributed by atoms with Crippen LogP contribution in [0.4, 0.5) is 5.82 Å². The van der Waals surface area contributed by atoms with Gasteiger partial charge in [-0.15, -0.1) is 0 Å². The van der Waals surface area contributed by atoms with Gasteiger partial charge in [-0.05, 0) is 31.2 Å². The number of rotatable bonds is 8. The number of ether oxygens (including phenoxy) is 4. The third-order valence-corrected chi connectivity index (χ3v) is 3.84. The molecule has 0 aliphatic carbocycles. The Bertz CT molecular complexity index is 746. The summed E-state index contributed by atoms with van der Waals surface area (Å²) in [6.45, 7) is 2.64. The zero-order valence-corrected chi connectivity index (χ0v) is 15.7. The molecule has 0 spiro atoms. The number of benzene rings is 1. The van der Waals surface area contributed by atoms with E-state index in [0.29, 0.717) is 36.0 Å². The number of carbonyl (C=O) groups excluding carboxylic acids is 1. The topological polar surface area (TPSA) is 70.1 Å². The standard InChI is InChI=1S/C19H24N2O5/c1-6-26-19(22)13-8-10-16(20-11-13)21(2)12-14-7-9-15(23-3)18(25-5)17(14)24-4/h7-11H,6,12H2,1-5H3. The lowest BCUT2D eigenvalue weighted by Crippen LogP contribution is -2.18. The van der Waals surface area contributed by atoms with Crippen molar-refractivity contribution in [1.82, 2.24) is 4.98 Å². The molecular weight excluding hydrogens is 336 g/mol. The highest BCUT2D eigenvalue weighted by Crippen LogP contribution is 2.40. The molecule has 0 fully saturated rings. The number of nitrogens with zero attached hydrogens (tertiary/aromatic N) is 2. The van der Waals surface area contributed by atoms with Crippen molar-refractivity contribution < 1.29 is 23.7 Å². The van der Waals surface area contributed by atoms with Crippen LogP contribution < -0.4 is 19.1 Å². The monoisotopic (exact) mass is 360 g/mol. The Labute approximate surface area is 153 Å². The number of methoxy groups -OCH3 is 3. The highest BCUT2D eigenvalue weighted by Gasteiger charge is 2.17. The first-order valence-electron chi connectivity index (χ1n) is 8.17. The third-order valence-electron chi connectivity index (χ3n) is 3.84. The SMILES string of the molecule is CCOC(=O)c1ccc(N(C)Cc2ccc(OC)c(OC)c2OC)nc1. The molecule has 2 aromatic rings. The Balaban J connectivity index is 2.22. The van der Waals surface area contributed by atoms with Gasteiger partial charge in [0.25, 0.3) is 0 Å². The average Bonchev–Trinajstić information content (AvgIpc) is 2.67. The van der Waals surface area contributed by atoms with Gasteiger partial charge >= 0.3 is 5.97 Å². The second-order valence-corrected chi connectivity index (χ2v) is 5.48. The molecule has 1 heterocycles. The predicted molar refractivity (Wildman–Crippen MR) is 98.4 cm³/mol. The van der Waals surface area contributed by atoms with Crippen LogP contribution in [0.15, 0.2) is 30.5 Å². The minimum absolute atomic E-state index is 0.333. The van der Waals surface area contributed by atoms with Crippen molar-refractivity contribution in [2.75, 3.05) is 39.9 Å². The molecule has 0 aliphatic rings. The van der Waals surface area contributed by atoms with Gasteiger partial charge in [0.05, 0.1) is 33.5 Å². The van der Waals surface area contributed by atoms with E-state index in [1.165, 1.54) is 6.20 Å². The van der Waals surface area contributed by atoms with Gasteiger partial charge in [-0.1, -0.05) is 0 Å². The zero-order valence-electron chi connectivity index (χ0n) is 15.7. The lowest BCUT2D eigenvalue weighted by molar-refractivity contribution is 0.0526. The summed E-state index contributed by atoms with van der Waals surface area (Å²) in [5.74, 6) is 2.10. The first-order chi connectivity index (χ1) is 12.5. The largest absolute Gasteiger partial charge is 0.493 e. The molecule has 1 aromatic heterocycles.